The van der Waals surface area contributed by atoms with Gasteiger partial charge in [0.05, 0.1) is 23.2 Å². The molecule has 132 valence electrons. The highest BCUT2D eigenvalue weighted by molar-refractivity contribution is 6.36. The molecule has 27 heavy (non-hydrogen) atoms. The Bertz CT molecular complexity index is 1280. The van der Waals surface area contributed by atoms with Gasteiger partial charge in [0.1, 0.15) is 6.33 Å². The van der Waals surface area contributed by atoms with E-state index < -0.39 is 0 Å². The summed E-state index contributed by atoms with van der Waals surface area (Å²) in [7, 11) is 0. The molecule has 0 aliphatic carbocycles. The predicted octanol–water partition coefficient (Wildman–Crippen LogP) is 4.50. The van der Waals surface area contributed by atoms with E-state index in [2.05, 4.69) is 32.4 Å². The molecule has 0 fully saturated rings. The highest BCUT2D eigenvalue weighted by atomic mass is 35.5. The maximum absolute atomic E-state index is 6.33. The zero-order valence-electron chi connectivity index (χ0n) is 13.9. The molecule has 3 aromatic heterocycles. The third-order valence-corrected chi connectivity index (χ3v) is 4.94. The Labute approximate surface area is 164 Å². The quantitative estimate of drug-likeness (QED) is 0.452. The van der Waals surface area contributed by atoms with Crippen LogP contribution in [0.15, 0.2) is 61.1 Å². The van der Waals surface area contributed by atoms with Crippen molar-refractivity contribution < 1.29 is 0 Å². The summed E-state index contributed by atoms with van der Waals surface area (Å²) in [6.07, 6.45) is 3.46. The first-order valence-corrected chi connectivity index (χ1v) is 9.01. The predicted molar refractivity (Wildman–Crippen MR) is 105 cm³/mol. The fourth-order valence-corrected chi connectivity index (χ4v) is 3.59. The Hall–Kier alpha value is -2.96. The second-order valence-corrected chi connectivity index (χ2v) is 6.95. The largest absolute Gasteiger partial charge is 0.264 e. The van der Waals surface area contributed by atoms with Gasteiger partial charge in [0.25, 0.3) is 0 Å². The number of aromatic nitrogens is 6. The average Bonchev–Trinajstić information content (AvgIpc) is 3.27. The van der Waals surface area contributed by atoms with Crippen LogP contribution in [0.1, 0.15) is 5.56 Å². The van der Waals surface area contributed by atoms with E-state index in [1.165, 1.54) is 0 Å². The van der Waals surface area contributed by atoms with Gasteiger partial charge in [-0.3, -0.25) is 4.40 Å². The second-order valence-electron chi connectivity index (χ2n) is 6.11. The lowest BCUT2D eigenvalue weighted by Gasteiger charge is -2.05. The lowest BCUT2D eigenvalue weighted by atomic mass is 10.2. The molecule has 0 amide bonds. The van der Waals surface area contributed by atoms with Crippen LogP contribution in [-0.2, 0) is 6.54 Å². The van der Waals surface area contributed by atoms with Gasteiger partial charge in [-0.25, -0.2) is 9.67 Å². The van der Waals surface area contributed by atoms with Crippen LogP contribution in [0, 0.1) is 0 Å². The lowest BCUT2D eigenvalue weighted by molar-refractivity contribution is 0.703. The molecule has 0 saturated heterocycles. The molecule has 0 atom stereocenters. The van der Waals surface area contributed by atoms with Crippen molar-refractivity contribution in [2.75, 3.05) is 0 Å². The Morgan fingerprint density at radius 3 is 2.59 bits per heavy atom. The van der Waals surface area contributed by atoms with Crippen molar-refractivity contribution in [3.8, 4) is 11.4 Å². The molecule has 5 rings (SSSR count). The summed E-state index contributed by atoms with van der Waals surface area (Å²) in [6, 6.07) is 15.4. The van der Waals surface area contributed by atoms with Crippen molar-refractivity contribution in [1.82, 2.24) is 29.4 Å². The van der Waals surface area contributed by atoms with E-state index in [1.54, 1.807) is 24.7 Å². The van der Waals surface area contributed by atoms with Gasteiger partial charge < -0.3 is 0 Å². The molecule has 0 aliphatic heterocycles. The summed E-state index contributed by atoms with van der Waals surface area (Å²) in [5, 5.41) is 15.0. The van der Waals surface area contributed by atoms with Crippen molar-refractivity contribution in [2.24, 2.45) is 0 Å². The first-order valence-electron chi connectivity index (χ1n) is 8.25. The summed E-state index contributed by atoms with van der Waals surface area (Å²) in [6.45, 7) is 0.636. The molecule has 5 aromatic rings. The highest BCUT2D eigenvalue weighted by Crippen LogP contribution is 2.30. The Morgan fingerprint density at radius 1 is 0.926 bits per heavy atom. The SMILES string of the molecule is Clc1ccc(-c2nnc3c4cnn(Cc5ccccc5)c4ncn23)c(Cl)c1. The normalized spacial score (nSPS) is 11.5. The number of halogens is 2. The maximum atomic E-state index is 6.33. The van der Waals surface area contributed by atoms with Crippen molar-refractivity contribution in [1.29, 1.82) is 0 Å². The minimum absolute atomic E-state index is 0.511. The van der Waals surface area contributed by atoms with Crippen LogP contribution < -0.4 is 0 Å². The zero-order valence-corrected chi connectivity index (χ0v) is 15.4. The van der Waals surface area contributed by atoms with Crippen LogP contribution in [0.4, 0.5) is 0 Å². The summed E-state index contributed by atoms with van der Waals surface area (Å²) < 4.78 is 3.67. The third-order valence-electron chi connectivity index (χ3n) is 4.39. The molecule has 8 heteroatoms. The lowest BCUT2D eigenvalue weighted by Crippen LogP contribution is -2.03. The Kier molecular flexibility index (Phi) is 3.81. The topological polar surface area (TPSA) is 60.9 Å². The molecule has 0 radical (unpaired) electrons. The number of nitrogens with zero attached hydrogens (tertiary/aromatic N) is 6. The van der Waals surface area contributed by atoms with Crippen LogP contribution in [0.25, 0.3) is 28.1 Å². The number of hydrogen-bond acceptors (Lipinski definition) is 4. The van der Waals surface area contributed by atoms with Gasteiger partial charge in [-0.2, -0.15) is 5.10 Å². The van der Waals surface area contributed by atoms with Gasteiger partial charge in [0.2, 0.25) is 0 Å². The summed E-state index contributed by atoms with van der Waals surface area (Å²) in [4.78, 5) is 4.59. The molecule has 0 aliphatic rings. The van der Waals surface area contributed by atoms with Crippen molar-refractivity contribution in [3.63, 3.8) is 0 Å². The van der Waals surface area contributed by atoms with Gasteiger partial charge in [-0.05, 0) is 23.8 Å². The average molecular weight is 395 g/mol. The summed E-state index contributed by atoms with van der Waals surface area (Å²) in [5.74, 6) is 0.608. The molecule has 0 saturated carbocycles. The van der Waals surface area contributed by atoms with Gasteiger partial charge in [0, 0.05) is 10.6 Å². The first-order chi connectivity index (χ1) is 13.2. The standard InChI is InChI=1S/C19H12Cl2N6/c20-13-6-7-14(16(21)8-13)18-24-25-19-15-9-23-27(17(15)22-11-26(18)19)10-12-4-2-1-3-5-12/h1-9,11H,10H2. The van der Waals surface area contributed by atoms with E-state index in [4.69, 9.17) is 23.2 Å². The third kappa shape index (κ3) is 2.74. The molecule has 0 unspecified atom stereocenters. The summed E-state index contributed by atoms with van der Waals surface area (Å²) >= 11 is 12.3. The minimum Gasteiger partial charge on any atom is -0.264 e. The number of benzene rings is 2. The fraction of sp³-hybridized carbons (Fsp3) is 0.0526. The molecule has 6 nitrogen and oxygen atoms in total. The Balaban J connectivity index is 1.64. The number of fused-ring (bicyclic) bond motifs is 3. The van der Waals surface area contributed by atoms with Crippen molar-refractivity contribution >= 4 is 39.9 Å². The minimum atomic E-state index is 0.511. The molecule has 0 N–H and O–H groups in total. The smallest absolute Gasteiger partial charge is 0.175 e. The van der Waals surface area contributed by atoms with Crippen molar-refractivity contribution in [3.05, 3.63) is 76.7 Å². The Morgan fingerprint density at radius 2 is 1.78 bits per heavy atom. The molecule has 3 heterocycles. The van der Waals surface area contributed by atoms with Crippen LogP contribution >= 0.6 is 23.2 Å². The van der Waals surface area contributed by atoms with E-state index in [-0.39, 0.29) is 0 Å². The first kappa shape index (κ1) is 16.2. The van der Waals surface area contributed by atoms with Gasteiger partial charge >= 0.3 is 0 Å². The maximum Gasteiger partial charge on any atom is 0.175 e. The van der Waals surface area contributed by atoms with Crippen molar-refractivity contribution in [2.45, 2.75) is 6.54 Å². The molecular weight excluding hydrogens is 383 g/mol. The molecule has 2 aromatic carbocycles. The summed E-state index contributed by atoms with van der Waals surface area (Å²) in [5.41, 5.74) is 3.33. The van der Waals surface area contributed by atoms with E-state index in [0.717, 1.165) is 22.2 Å². The van der Waals surface area contributed by atoms with Gasteiger partial charge in [-0.15, -0.1) is 10.2 Å². The molecule has 0 spiro atoms. The van der Waals surface area contributed by atoms with E-state index in [0.29, 0.717) is 28.1 Å². The van der Waals surface area contributed by atoms with Crippen LogP contribution in [0.5, 0.6) is 0 Å². The van der Waals surface area contributed by atoms with Gasteiger partial charge in [-0.1, -0.05) is 53.5 Å². The number of rotatable bonds is 3. The van der Waals surface area contributed by atoms with Crippen LogP contribution in [-0.4, -0.2) is 29.4 Å². The molecule has 0 bridgehead atoms. The van der Waals surface area contributed by atoms with Crippen LogP contribution in [0.2, 0.25) is 10.0 Å². The second kappa shape index (κ2) is 6.33. The van der Waals surface area contributed by atoms with E-state index in [9.17, 15) is 0 Å². The molecular formula is C19H12Cl2N6. The van der Waals surface area contributed by atoms with E-state index in [1.807, 2.05) is 33.3 Å². The van der Waals surface area contributed by atoms with Crippen LogP contribution in [0.3, 0.4) is 0 Å². The number of hydrogen-bond donors (Lipinski definition) is 0. The van der Waals surface area contributed by atoms with E-state index >= 15 is 0 Å². The fourth-order valence-electron chi connectivity index (χ4n) is 3.10. The monoisotopic (exact) mass is 394 g/mol. The zero-order chi connectivity index (χ0) is 18.4. The van der Waals surface area contributed by atoms with Gasteiger partial charge in [0.15, 0.2) is 17.1 Å². The highest BCUT2D eigenvalue weighted by Gasteiger charge is 2.16.